The zero-order valence-electron chi connectivity index (χ0n) is 10.7. The van der Waals surface area contributed by atoms with Crippen molar-refractivity contribution in [3.05, 3.63) is 41.5 Å². The van der Waals surface area contributed by atoms with E-state index in [9.17, 15) is 4.79 Å². The van der Waals surface area contributed by atoms with E-state index >= 15 is 0 Å². The van der Waals surface area contributed by atoms with Gasteiger partial charge >= 0.3 is 0 Å². The van der Waals surface area contributed by atoms with Crippen LogP contribution in [0.4, 0.5) is 0 Å². The summed E-state index contributed by atoms with van der Waals surface area (Å²) in [5.41, 5.74) is 0.899. The Morgan fingerprint density at radius 3 is 2.79 bits per heavy atom. The van der Waals surface area contributed by atoms with E-state index in [0.29, 0.717) is 6.54 Å². The molecule has 0 aliphatic carbocycles. The maximum atomic E-state index is 11.8. The average Bonchev–Trinajstić information content (AvgIpc) is 2.87. The number of rotatable bonds is 5. The average molecular weight is 260 g/mol. The van der Waals surface area contributed by atoms with Crippen LogP contribution >= 0.6 is 0 Å². The molecule has 0 spiro atoms. The number of H-pyrrole nitrogens is 1. The fourth-order valence-corrected chi connectivity index (χ4v) is 1.62. The van der Waals surface area contributed by atoms with Crippen LogP contribution in [0, 0.1) is 0 Å². The quantitative estimate of drug-likeness (QED) is 0.757. The number of hydrogen-bond donors (Lipinski definition) is 3. The predicted molar refractivity (Wildman–Crippen MR) is 69.7 cm³/mol. The van der Waals surface area contributed by atoms with Crippen molar-refractivity contribution in [3.63, 3.8) is 0 Å². The number of phenolic OH excluding ortho intramolecular Hbond substituents is 1. The molecule has 3 N–H and O–H groups in total. The first-order chi connectivity index (χ1) is 9.19. The summed E-state index contributed by atoms with van der Waals surface area (Å²) in [6.45, 7) is 2.41. The second-order valence-electron chi connectivity index (χ2n) is 4.20. The number of nitrogens with zero attached hydrogens (tertiary/aromatic N) is 2. The molecule has 0 atom stereocenters. The van der Waals surface area contributed by atoms with Crippen molar-refractivity contribution in [2.45, 2.75) is 26.3 Å². The Morgan fingerprint density at radius 1 is 1.37 bits per heavy atom. The highest BCUT2D eigenvalue weighted by Gasteiger charge is 2.11. The van der Waals surface area contributed by atoms with Crippen LogP contribution in [0.15, 0.2) is 24.3 Å². The van der Waals surface area contributed by atoms with Crippen LogP contribution in [-0.4, -0.2) is 26.2 Å². The Morgan fingerprint density at radius 2 is 2.11 bits per heavy atom. The topological polar surface area (TPSA) is 90.9 Å². The van der Waals surface area contributed by atoms with Crippen molar-refractivity contribution in [2.75, 3.05) is 0 Å². The Hall–Kier alpha value is -2.37. The number of aromatic amines is 1. The molecule has 100 valence electrons. The number of phenols is 1. The highest BCUT2D eigenvalue weighted by Crippen LogP contribution is 2.09. The summed E-state index contributed by atoms with van der Waals surface area (Å²) in [5, 5.41) is 18.5. The predicted octanol–water partition coefficient (Wildman–Crippen LogP) is 1.39. The Bertz CT molecular complexity index is 548. The molecule has 0 fully saturated rings. The molecule has 0 aliphatic rings. The smallest absolute Gasteiger partial charge is 0.291 e. The molecule has 0 aliphatic heterocycles. The van der Waals surface area contributed by atoms with E-state index in [4.69, 9.17) is 5.11 Å². The van der Waals surface area contributed by atoms with Crippen LogP contribution in [0.3, 0.4) is 0 Å². The van der Waals surface area contributed by atoms with Crippen LogP contribution in [0.5, 0.6) is 5.75 Å². The molecule has 1 heterocycles. The number of aromatic nitrogens is 3. The number of aryl methyl sites for hydroxylation is 1. The lowest BCUT2D eigenvalue weighted by Gasteiger charge is -2.02. The molecule has 0 bridgehead atoms. The molecule has 0 saturated carbocycles. The van der Waals surface area contributed by atoms with E-state index in [1.165, 1.54) is 0 Å². The molecule has 1 aromatic heterocycles. The molecule has 6 heteroatoms. The largest absolute Gasteiger partial charge is 0.508 e. The Balaban J connectivity index is 1.91. The fourth-order valence-electron chi connectivity index (χ4n) is 1.62. The molecule has 19 heavy (non-hydrogen) atoms. The minimum atomic E-state index is -0.313. The van der Waals surface area contributed by atoms with Gasteiger partial charge in [-0.3, -0.25) is 9.89 Å². The van der Waals surface area contributed by atoms with E-state index in [1.807, 2.05) is 6.92 Å². The third-order valence-electron chi connectivity index (χ3n) is 2.61. The second-order valence-corrected chi connectivity index (χ2v) is 4.20. The zero-order chi connectivity index (χ0) is 13.7. The van der Waals surface area contributed by atoms with Crippen LogP contribution in [0.1, 0.15) is 35.4 Å². The lowest BCUT2D eigenvalue weighted by Crippen LogP contribution is -2.24. The normalized spacial score (nSPS) is 10.4. The first-order valence-corrected chi connectivity index (χ1v) is 6.16. The van der Waals surface area contributed by atoms with Gasteiger partial charge in [0.05, 0.1) is 0 Å². The maximum Gasteiger partial charge on any atom is 0.291 e. The maximum absolute atomic E-state index is 11.8. The van der Waals surface area contributed by atoms with Crippen LogP contribution in [0.25, 0.3) is 0 Å². The molecule has 2 rings (SSSR count). The van der Waals surface area contributed by atoms with Gasteiger partial charge < -0.3 is 10.4 Å². The van der Waals surface area contributed by atoms with Crippen LogP contribution < -0.4 is 5.32 Å². The van der Waals surface area contributed by atoms with E-state index in [0.717, 1.165) is 24.2 Å². The van der Waals surface area contributed by atoms with Crippen LogP contribution in [-0.2, 0) is 13.0 Å². The number of aromatic hydroxyl groups is 1. The lowest BCUT2D eigenvalue weighted by atomic mass is 10.2. The molecule has 2 aromatic rings. The van der Waals surface area contributed by atoms with E-state index in [1.54, 1.807) is 24.3 Å². The van der Waals surface area contributed by atoms with E-state index < -0.39 is 0 Å². The van der Waals surface area contributed by atoms with Gasteiger partial charge in [-0.25, -0.2) is 4.98 Å². The Kier molecular flexibility index (Phi) is 4.12. The molecule has 0 radical (unpaired) electrons. The highest BCUT2D eigenvalue weighted by atomic mass is 16.3. The molecule has 1 amide bonds. The van der Waals surface area contributed by atoms with Crippen LogP contribution in [0.2, 0.25) is 0 Å². The first kappa shape index (κ1) is 13.1. The van der Waals surface area contributed by atoms with Crippen molar-refractivity contribution < 1.29 is 9.90 Å². The van der Waals surface area contributed by atoms with Gasteiger partial charge in [0.15, 0.2) is 0 Å². The number of amides is 1. The third-order valence-corrected chi connectivity index (χ3v) is 2.61. The lowest BCUT2D eigenvalue weighted by molar-refractivity contribution is 0.0941. The number of carbonyl (C=O) groups is 1. The van der Waals surface area contributed by atoms with Gasteiger partial charge in [0.1, 0.15) is 11.6 Å². The minimum Gasteiger partial charge on any atom is -0.508 e. The molecule has 6 nitrogen and oxygen atoms in total. The zero-order valence-corrected chi connectivity index (χ0v) is 10.7. The molecule has 0 unspecified atom stereocenters. The second kappa shape index (κ2) is 5.99. The van der Waals surface area contributed by atoms with Gasteiger partial charge in [0.2, 0.25) is 5.82 Å². The summed E-state index contributed by atoms with van der Waals surface area (Å²) in [6.07, 6.45) is 1.72. The SMILES string of the molecule is CCCc1nc(C(=O)NCc2ccc(O)cc2)n[nH]1. The number of hydrogen-bond acceptors (Lipinski definition) is 4. The van der Waals surface area contributed by atoms with Crippen molar-refractivity contribution >= 4 is 5.91 Å². The third kappa shape index (κ3) is 3.54. The number of benzene rings is 1. The van der Waals surface area contributed by atoms with Crippen molar-refractivity contribution in [1.29, 1.82) is 0 Å². The van der Waals surface area contributed by atoms with Crippen molar-refractivity contribution in [2.24, 2.45) is 0 Å². The van der Waals surface area contributed by atoms with E-state index in [-0.39, 0.29) is 17.5 Å². The molecular formula is C13H16N4O2. The van der Waals surface area contributed by atoms with Gasteiger partial charge in [-0.05, 0) is 24.1 Å². The summed E-state index contributed by atoms with van der Waals surface area (Å²) in [6, 6.07) is 6.65. The minimum absolute atomic E-state index is 0.155. The number of nitrogens with one attached hydrogen (secondary N) is 2. The van der Waals surface area contributed by atoms with Gasteiger partial charge in [0.25, 0.3) is 5.91 Å². The summed E-state index contributed by atoms with van der Waals surface area (Å²) < 4.78 is 0. The van der Waals surface area contributed by atoms with Gasteiger partial charge in [0, 0.05) is 13.0 Å². The summed E-state index contributed by atoms with van der Waals surface area (Å²) in [7, 11) is 0. The van der Waals surface area contributed by atoms with Crippen molar-refractivity contribution in [3.8, 4) is 5.75 Å². The standard InChI is InChI=1S/C13H16N4O2/c1-2-3-11-15-12(17-16-11)13(19)14-8-9-4-6-10(18)7-5-9/h4-7,18H,2-3,8H2,1H3,(H,14,19)(H,15,16,17). The summed E-state index contributed by atoms with van der Waals surface area (Å²) in [4.78, 5) is 15.9. The van der Waals surface area contributed by atoms with E-state index in [2.05, 4.69) is 20.5 Å². The summed E-state index contributed by atoms with van der Waals surface area (Å²) >= 11 is 0. The van der Waals surface area contributed by atoms with Gasteiger partial charge in [-0.1, -0.05) is 19.1 Å². The molecular weight excluding hydrogens is 244 g/mol. The Labute approximate surface area is 110 Å². The molecule has 0 saturated heterocycles. The number of carbonyl (C=O) groups excluding carboxylic acids is 1. The highest BCUT2D eigenvalue weighted by molar-refractivity contribution is 5.90. The first-order valence-electron chi connectivity index (χ1n) is 6.16. The van der Waals surface area contributed by atoms with Gasteiger partial charge in [-0.15, -0.1) is 5.10 Å². The monoisotopic (exact) mass is 260 g/mol. The molecule has 1 aromatic carbocycles. The van der Waals surface area contributed by atoms with Crippen molar-refractivity contribution in [1.82, 2.24) is 20.5 Å². The fraction of sp³-hybridized carbons (Fsp3) is 0.308. The van der Waals surface area contributed by atoms with Gasteiger partial charge in [-0.2, -0.15) is 0 Å². The summed E-state index contributed by atoms with van der Waals surface area (Å²) in [5.74, 6) is 0.763.